The second-order valence-electron chi connectivity index (χ2n) is 27.8. The van der Waals surface area contributed by atoms with Crippen LogP contribution in [0.1, 0.15) is 206 Å². The van der Waals surface area contributed by atoms with Gasteiger partial charge in [-0.1, -0.05) is 155 Å². The third-order valence-electron chi connectivity index (χ3n) is 17.6. The molecule has 0 fully saturated rings. The number of benzene rings is 5. The highest BCUT2D eigenvalue weighted by molar-refractivity contribution is 7.00. The van der Waals surface area contributed by atoms with Crippen molar-refractivity contribution < 1.29 is 0 Å². The van der Waals surface area contributed by atoms with E-state index in [9.17, 15) is 0 Å². The van der Waals surface area contributed by atoms with Crippen molar-refractivity contribution in [1.82, 2.24) is 0 Å². The number of hydrogen-bond donors (Lipinski definition) is 0. The van der Waals surface area contributed by atoms with Crippen LogP contribution < -0.4 is 26.2 Å². The Hall–Kier alpha value is -4.24. The Morgan fingerprint density at radius 2 is 0.738 bits per heavy atom. The van der Waals surface area contributed by atoms with Crippen molar-refractivity contribution in [3.05, 3.63) is 122 Å². The first-order valence-corrected chi connectivity index (χ1v) is 25.2. The molecule has 0 radical (unpaired) electrons. The Kier molecular flexibility index (Phi) is 9.10. The molecule has 0 amide bonds. The molecule has 0 aromatic heterocycles. The van der Waals surface area contributed by atoms with Crippen molar-refractivity contribution in [1.29, 1.82) is 0 Å². The number of anilines is 6. The molecule has 0 unspecified atom stereocenters. The average Bonchev–Trinajstić information content (AvgIpc) is 3.47. The van der Waals surface area contributed by atoms with Crippen LogP contribution in [0, 0.1) is 13.8 Å². The standard InChI is InChI=1S/C62H79BN2/c1-36-25-40-43(58(11,12)24-23-57(40,9)10)31-48(36)65-51-33-45-42(60(15,16)35-62(45,19)20)30-47(51)63-46-22-21-38(55(3,4)5)27-50(46)64(52-28-39(56(6,7)8)29-53(65)54(52)63)49-32-44-41(26-37(49)2)59(13,14)34-61(44,17)18/h21-22,25-33H,23-24,34-35H2,1-20H3. The SMILES string of the molecule is Cc1cc2c(cc1N1c3cc4c(cc3B3c5ccc(C(C)(C)C)cc5N(c5cc6c(cc5C)C(C)(C)CC6(C)C)c5cc(C(C)(C)C)cc1c53)C(C)(C)CC4(C)C)C(C)(C)CCC2(C)C. The summed E-state index contributed by atoms with van der Waals surface area (Å²) in [5.41, 5.74) is 27.3. The molecule has 5 aromatic carbocycles. The number of rotatable bonds is 2. The maximum atomic E-state index is 2.77. The summed E-state index contributed by atoms with van der Waals surface area (Å²) in [7, 11) is 0. The molecule has 0 saturated carbocycles. The maximum Gasteiger partial charge on any atom is 0.252 e. The average molecular weight is 863 g/mol. The Bertz CT molecular complexity index is 2880. The van der Waals surface area contributed by atoms with E-state index in [-0.39, 0.29) is 50.0 Å². The minimum Gasteiger partial charge on any atom is -0.311 e. The summed E-state index contributed by atoms with van der Waals surface area (Å²) in [6.45, 7) is 48.9. The smallest absolute Gasteiger partial charge is 0.252 e. The lowest BCUT2D eigenvalue weighted by molar-refractivity contribution is 0.332. The molecule has 0 spiro atoms. The third-order valence-corrected chi connectivity index (χ3v) is 17.6. The zero-order valence-corrected chi connectivity index (χ0v) is 44.2. The van der Waals surface area contributed by atoms with E-state index in [1.165, 1.54) is 119 Å². The zero-order chi connectivity index (χ0) is 47.3. The highest BCUT2D eigenvalue weighted by atomic mass is 15.2. The monoisotopic (exact) mass is 863 g/mol. The molecular weight excluding hydrogens is 784 g/mol. The molecule has 65 heavy (non-hydrogen) atoms. The normalized spacial score (nSPS) is 21.0. The Balaban J connectivity index is 1.37. The van der Waals surface area contributed by atoms with Crippen molar-refractivity contribution in [2.24, 2.45) is 0 Å². The van der Waals surface area contributed by atoms with Gasteiger partial charge in [-0.15, -0.1) is 0 Å². The first-order valence-electron chi connectivity index (χ1n) is 25.2. The lowest BCUT2D eigenvalue weighted by atomic mass is 9.33. The minimum atomic E-state index is -0.0912. The highest BCUT2D eigenvalue weighted by Gasteiger charge is 2.50. The van der Waals surface area contributed by atoms with Gasteiger partial charge >= 0.3 is 0 Å². The summed E-state index contributed by atoms with van der Waals surface area (Å²) in [5.74, 6) is 0. The van der Waals surface area contributed by atoms with Gasteiger partial charge in [-0.3, -0.25) is 0 Å². The van der Waals surface area contributed by atoms with E-state index in [0.717, 1.165) is 12.8 Å². The van der Waals surface area contributed by atoms with Gasteiger partial charge < -0.3 is 9.80 Å². The van der Waals surface area contributed by atoms with Gasteiger partial charge in [-0.25, -0.2) is 0 Å². The van der Waals surface area contributed by atoms with E-state index in [2.05, 4.69) is 215 Å². The molecule has 340 valence electrons. The number of nitrogens with zero attached hydrogens (tertiary/aromatic N) is 2. The predicted octanol–water partition coefficient (Wildman–Crippen LogP) is 15.2. The van der Waals surface area contributed by atoms with Gasteiger partial charge in [0.1, 0.15) is 0 Å². The van der Waals surface area contributed by atoms with Crippen LogP contribution in [0.3, 0.4) is 0 Å². The second-order valence-corrected chi connectivity index (χ2v) is 27.8. The molecule has 5 aliphatic rings. The van der Waals surface area contributed by atoms with E-state index >= 15 is 0 Å². The highest BCUT2D eigenvalue weighted by Crippen LogP contribution is 2.57. The van der Waals surface area contributed by atoms with E-state index < -0.39 is 0 Å². The van der Waals surface area contributed by atoms with E-state index in [1.54, 1.807) is 0 Å². The summed E-state index contributed by atoms with van der Waals surface area (Å²) in [4.78, 5) is 5.50. The van der Waals surface area contributed by atoms with Crippen molar-refractivity contribution >= 4 is 57.2 Å². The van der Waals surface area contributed by atoms with E-state index in [1.807, 2.05) is 0 Å². The topological polar surface area (TPSA) is 6.48 Å². The second kappa shape index (κ2) is 13.3. The van der Waals surface area contributed by atoms with Crippen LogP contribution in [0.25, 0.3) is 0 Å². The van der Waals surface area contributed by atoms with Crippen LogP contribution in [0.4, 0.5) is 34.1 Å². The molecule has 3 heteroatoms. The van der Waals surface area contributed by atoms with Crippen LogP contribution in [0.2, 0.25) is 0 Å². The molecule has 2 heterocycles. The van der Waals surface area contributed by atoms with E-state index in [0.29, 0.717) is 0 Å². The van der Waals surface area contributed by atoms with Gasteiger partial charge in [0.2, 0.25) is 0 Å². The van der Waals surface area contributed by atoms with Crippen LogP contribution in [-0.4, -0.2) is 6.71 Å². The van der Waals surface area contributed by atoms with Crippen LogP contribution in [0.5, 0.6) is 0 Å². The molecule has 3 aliphatic carbocycles. The van der Waals surface area contributed by atoms with Crippen molar-refractivity contribution in [2.45, 2.75) is 207 Å². The molecule has 0 atom stereocenters. The molecular formula is C62H79BN2. The van der Waals surface area contributed by atoms with Crippen LogP contribution in [-0.2, 0) is 43.3 Å². The first kappa shape index (κ1) is 44.6. The fourth-order valence-corrected chi connectivity index (χ4v) is 14.2. The quantitative estimate of drug-likeness (QED) is 0.160. The number of hydrogen-bond acceptors (Lipinski definition) is 2. The predicted molar refractivity (Wildman–Crippen MR) is 284 cm³/mol. The molecule has 2 nitrogen and oxygen atoms in total. The Morgan fingerprint density at radius 3 is 1.18 bits per heavy atom. The van der Waals surface area contributed by atoms with Crippen molar-refractivity contribution in [3.63, 3.8) is 0 Å². The summed E-state index contributed by atoms with van der Waals surface area (Å²) >= 11 is 0. The molecule has 2 aliphatic heterocycles. The maximum absolute atomic E-state index is 2.77. The van der Waals surface area contributed by atoms with Gasteiger partial charge in [0, 0.05) is 34.1 Å². The fourth-order valence-electron chi connectivity index (χ4n) is 14.2. The lowest BCUT2D eigenvalue weighted by Crippen LogP contribution is -2.62. The summed E-state index contributed by atoms with van der Waals surface area (Å²) in [6, 6.07) is 28.6. The van der Waals surface area contributed by atoms with Crippen molar-refractivity contribution in [3.8, 4) is 0 Å². The minimum absolute atomic E-state index is 0.0115. The Morgan fingerprint density at radius 1 is 0.385 bits per heavy atom. The summed E-state index contributed by atoms with van der Waals surface area (Å²) in [6.07, 6.45) is 4.69. The van der Waals surface area contributed by atoms with E-state index in [4.69, 9.17) is 0 Å². The Labute approximate surface area is 395 Å². The van der Waals surface area contributed by atoms with Crippen LogP contribution >= 0.6 is 0 Å². The number of aryl methyl sites for hydroxylation is 2. The van der Waals surface area contributed by atoms with Crippen LogP contribution in [0.15, 0.2) is 66.7 Å². The van der Waals surface area contributed by atoms with Gasteiger partial charge in [0.05, 0.1) is 0 Å². The molecule has 0 saturated heterocycles. The van der Waals surface area contributed by atoms with Gasteiger partial charge in [0.15, 0.2) is 0 Å². The summed E-state index contributed by atoms with van der Waals surface area (Å²) < 4.78 is 0. The molecule has 10 rings (SSSR count). The number of fused-ring (bicyclic) bond motifs is 7. The van der Waals surface area contributed by atoms with Gasteiger partial charge in [0.25, 0.3) is 6.71 Å². The molecule has 0 bridgehead atoms. The lowest BCUT2D eigenvalue weighted by Gasteiger charge is -2.47. The fraction of sp³-hybridized carbons (Fsp3) is 0.516. The van der Waals surface area contributed by atoms with Gasteiger partial charge in [-0.05, 0) is 191 Å². The molecule has 0 N–H and O–H groups in total. The van der Waals surface area contributed by atoms with Gasteiger partial charge in [-0.2, -0.15) is 0 Å². The first-order chi connectivity index (χ1) is 29.8. The summed E-state index contributed by atoms with van der Waals surface area (Å²) in [5, 5.41) is 0. The zero-order valence-electron chi connectivity index (χ0n) is 44.2. The largest absolute Gasteiger partial charge is 0.311 e. The van der Waals surface area contributed by atoms with Crippen molar-refractivity contribution in [2.75, 3.05) is 9.80 Å². The third kappa shape index (κ3) is 6.46. The molecule has 5 aromatic rings.